The van der Waals surface area contributed by atoms with Crippen molar-refractivity contribution in [3.05, 3.63) is 33.4 Å². The van der Waals surface area contributed by atoms with Gasteiger partial charge in [-0.05, 0) is 33.1 Å². The van der Waals surface area contributed by atoms with Crippen molar-refractivity contribution in [1.29, 1.82) is 0 Å². The average molecular weight is 375 g/mol. The summed E-state index contributed by atoms with van der Waals surface area (Å²) >= 11 is 0. The van der Waals surface area contributed by atoms with Gasteiger partial charge >= 0.3 is 5.97 Å². The molecule has 1 N–H and O–H groups in total. The van der Waals surface area contributed by atoms with E-state index >= 15 is 4.39 Å². The fourth-order valence-corrected chi connectivity index (χ4v) is 3.63. The van der Waals surface area contributed by atoms with Gasteiger partial charge in [0.15, 0.2) is 11.6 Å². The Morgan fingerprint density at radius 3 is 2.74 bits per heavy atom. The molecule has 7 nitrogen and oxygen atoms in total. The van der Waals surface area contributed by atoms with E-state index in [-0.39, 0.29) is 35.0 Å². The number of hydrogen-bond donors (Lipinski definition) is 1. The second-order valence-corrected chi connectivity index (χ2v) is 7.19. The predicted molar refractivity (Wildman–Crippen MR) is 97.8 cm³/mol. The average Bonchev–Trinajstić information content (AvgIpc) is 3.39. The second-order valence-electron chi connectivity index (χ2n) is 7.19. The Morgan fingerprint density at radius 1 is 1.41 bits per heavy atom. The summed E-state index contributed by atoms with van der Waals surface area (Å²) in [4.78, 5) is 31.3. The molecule has 2 aromatic rings. The molecule has 0 unspecified atom stereocenters. The van der Waals surface area contributed by atoms with E-state index in [0.717, 1.165) is 12.8 Å². The quantitative estimate of drug-likeness (QED) is 0.822. The molecule has 8 heteroatoms. The van der Waals surface area contributed by atoms with Crippen LogP contribution in [-0.4, -0.2) is 46.4 Å². The lowest BCUT2D eigenvalue weighted by molar-refractivity contribution is 0.0524. The zero-order chi connectivity index (χ0) is 19.3. The van der Waals surface area contributed by atoms with Gasteiger partial charge in [0.05, 0.1) is 18.1 Å². The highest BCUT2D eigenvalue weighted by atomic mass is 19.1. The van der Waals surface area contributed by atoms with E-state index in [1.54, 1.807) is 16.4 Å². The van der Waals surface area contributed by atoms with E-state index < -0.39 is 23.3 Å². The van der Waals surface area contributed by atoms with Gasteiger partial charge in [-0.1, -0.05) is 0 Å². The number of esters is 1. The first-order chi connectivity index (χ1) is 12.9. The van der Waals surface area contributed by atoms with Gasteiger partial charge in [-0.3, -0.25) is 4.79 Å². The van der Waals surface area contributed by atoms with Gasteiger partial charge in [-0.15, -0.1) is 0 Å². The van der Waals surface area contributed by atoms with Crippen LogP contribution in [0.25, 0.3) is 11.0 Å². The van der Waals surface area contributed by atoms with Crippen LogP contribution >= 0.6 is 0 Å². The highest BCUT2D eigenvalue weighted by Gasteiger charge is 2.31. The van der Waals surface area contributed by atoms with Gasteiger partial charge in [-0.2, -0.15) is 0 Å². The molecule has 0 aromatic carbocycles. The normalized spacial score (nSPS) is 19.7. The van der Waals surface area contributed by atoms with Crippen LogP contribution in [0.1, 0.15) is 48.1 Å². The molecule has 1 saturated carbocycles. The molecule has 2 aromatic heterocycles. The van der Waals surface area contributed by atoms with E-state index in [0.29, 0.717) is 25.2 Å². The number of carbonyl (C=O) groups excluding carboxylic acids is 1. The SMILES string of the molecule is CCOC(=O)c1cn(C2CC2)c2nc(N3CC[C@H](O)C3)c(F)c(C)c2c1=O. The van der Waals surface area contributed by atoms with Crippen LogP contribution in [0.15, 0.2) is 11.0 Å². The largest absolute Gasteiger partial charge is 0.462 e. The fraction of sp³-hybridized carbons (Fsp3) is 0.526. The molecule has 1 aliphatic heterocycles. The van der Waals surface area contributed by atoms with Gasteiger partial charge in [0, 0.05) is 30.9 Å². The third-order valence-corrected chi connectivity index (χ3v) is 5.22. The summed E-state index contributed by atoms with van der Waals surface area (Å²) in [5.74, 6) is -1.14. The first-order valence-corrected chi connectivity index (χ1v) is 9.27. The Hall–Kier alpha value is -2.48. The number of anilines is 1. The zero-order valence-electron chi connectivity index (χ0n) is 15.4. The van der Waals surface area contributed by atoms with Crippen molar-refractivity contribution in [2.75, 3.05) is 24.6 Å². The van der Waals surface area contributed by atoms with Gasteiger partial charge in [-0.25, -0.2) is 14.2 Å². The number of carbonyl (C=O) groups is 1. The first-order valence-electron chi connectivity index (χ1n) is 9.27. The van der Waals surface area contributed by atoms with Gasteiger partial charge in [0.1, 0.15) is 11.2 Å². The number of fused-ring (bicyclic) bond motifs is 1. The summed E-state index contributed by atoms with van der Waals surface area (Å²) in [5.41, 5.74) is -0.102. The van der Waals surface area contributed by atoms with Crippen molar-refractivity contribution >= 4 is 22.8 Å². The Balaban J connectivity index is 1.97. The standard InChI is InChI=1S/C19H22FN3O4/c1-3-27-19(26)13-9-23(11-4-5-11)17-14(16(13)25)10(2)15(20)18(21-17)22-7-6-12(24)8-22/h9,11-12,24H,3-8H2,1-2H3/t12-/m0/s1. The van der Waals surface area contributed by atoms with Gasteiger partial charge in [0.25, 0.3) is 0 Å². The maximum Gasteiger partial charge on any atom is 0.343 e. The molecule has 0 bridgehead atoms. The fourth-order valence-electron chi connectivity index (χ4n) is 3.63. The maximum atomic E-state index is 15.1. The number of halogens is 1. The molecule has 27 heavy (non-hydrogen) atoms. The third kappa shape index (κ3) is 2.97. The number of pyridine rings is 2. The molecular formula is C19H22FN3O4. The lowest BCUT2D eigenvalue weighted by Crippen LogP contribution is -2.26. The Kier molecular flexibility index (Phi) is 4.38. The van der Waals surface area contributed by atoms with E-state index in [9.17, 15) is 14.7 Å². The molecule has 0 spiro atoms. The van der Waals surface area contributed by atoms with Crippen LogP contribution < -0.4 is 10.3 Å². The lowest BCUT2D eigenvalue weighted by Gasteiger charge is -2.21. The molecule has 1 saturated heterocycles. The summed E-state index contributed by atoms with van der Waals surface area (Å²) in [5, 5.41) is 9.90. The van der Waals surface area contributed by atoms with Crippen LogP contribution in [0, 0.1) is 12.7 Å². The van der Waals surface area contributed by atoms with Crippen molar-refractivity contribution in [1.82, 2.24) is 9.55 Å². The van der Waals surface area contributed by atoms with Gasteiger partial charge in [0.2, 0.25) is 5.43 Å². The number of β-amino-alcohol motifs (C(OH)–C–C–N with tert-alkyl or cyclic N) is 1. The van der Waals surface area contributed by atoms with Crippen molar-refractivity contribution in [3.8, 4) is 0 Å². The van der Waals surface area contributed by atoms with E-state index in [4.69, 9.17) is 4.74 Å². The molecule has 2 aliphatic rings. The van der Waals surface area contributed by atoms with Crippen LogP contribution in [-0.2, 0) is 4.74 Å². The van der Waals surface area contributed by atoms with E-state index in [2.05, 4.69) is 4.98 Å². The number of aryl methyl sites for hydroxylation is 1. The lowest BCUT2D eigenvalue weighted by atomic mass is 10.1. The molecule has 1 aliphatic carbocycles. The minimum atomic E-state index is -0.703. The Labute approximate surface area is 155 Å². The molecule has 0 radical (unpaired) electrons. The highest BCUT2D eigenvalue weighted by Crippen LogP contribution is 2.38. The Morgan fingerprint density at radius 2 is 2.15 bits per heavy atom. The summed E-state index contributed by atoms with van der Waals surface area (Å²) in [6, 6.07) is 0.135. The number of nitrogens with zero attached hydrogens (tertiary/aromatic N) is 3. The van der Waals surface area contributed by atoms with Crippen LogP contribution in [0.5, 0.6) is 0 Å². The number of aliphatic hydroxyl groups excluding tert-OH is 1. The third-order valence-electron chi connectivity index (χ3n) is 5.22. The second kappa shape index (κ2) is 6.60. The van der Waals surface area contributed by atoms with Crippen molar-refractivity contribution in [2.24, 2.45) is 0 Å². The van der Waals surface area contributed by atoms with Crippen LogP contribution in [0.4, 0.5) is 10.2 Å². The summed E-state index contributed by atoms with van der Waals surface area (Å²) < 4.78 is 21.9. The molecule has 2 fully saturated rings. The molecule has 1 atom stereocenters. The first kappa shape index (κ1) is 17.9. The van der Waals surface area contributed by atoms with E-state index in [1.807, 2.05) is 0 Å². The van der Waals surface area contributed by atoms with Crippen LogP contribution in [0.2, 0.25) is 0 Å². The monoisotopic (exact) mass is 375 g/mol. The summed E-state index contributed by atoms with van der Waals surface area (Å²) in [6.45, 7) is 4.17. The highest BCUT2D eigenvalue weighted by molar-refractivity contribution is 5.94. The predicted octanol–water partition coefficient (Wildman–Crippen LogP) is 1.93. The minimum Gasteiger partial charge on any atom is -0.462 e. The number of ether oxygens (including phenoxy) is 1. The summed E-state index contributed by atoms with van der Waals surface area (Å²) in [6.07, 6.45) is 3.36. The topological polar surface area (TPSA) is 84.7 Å². The van der Waals surface area contributed by atoms with Crippen molar-refractivity contribution in [2.45, 2.75) is 45.3 Å². The molecular weight excluding hydrogens is 353 g/mol. The van der Waals surface area contributed by atoms with Gasteiger partial charge < -0.3 is 19.3 Å². The molecule has 0 amide bonds. The summed E-state index contributed by atoms with van der Waals surface area (Å²) in [7, 11) is 0. The minimum absolute atomic E-state index is 0.0927. The van der Waals surface area contributed by atoms with Crippen molar-refractivity contribution in [3.63, 3.8) is 0 Å². The number of aliphatic hydroxyl groups is 1. The molecule has 144 valence electrons. The van der Waals surface area contributed by atoms with Crippen molar-refractivity contribution < 1.29 is 19.0 Å². The zero-order valence-corrected chi connectivity index (χ0v) is 15.4. The number of hydrogen-bond acceptors (Lipinski definition) is 6. The molecule has 4 rings (SSSR count). The Bertz CT molecular complexity index is 983. The smallest absolute Gasteiger partial charge is 0.343 e. The van der Waals surface area contributed by atoms with Crippen LogP contribution in [0.3, 0.4) is 0 Å². The maximum absolute atomic E-state index is 15.1. The number of rotatable bonds is 4. The van der Waals surface area contributed by atoms with E-state index in [1.165, 1.54) is 13.1 Å². The number of aromatic nitrogens is 2. The molecule has 3 heterocycles.